The van der Waals surface area contributed by atoms with Gasteiger partial charge < -0.3 is 5.32 Å². The maximum absolute atomic E-state index is 12.9. The van der Waals surface area contributed by atoms with E-state index in [1.54, 1.807) is 13.0 Å². The highest BCUT2D eigenvalue weighted by atomic mass is 35.5. The molecule has 1 aromatic carbocycles. The van der Waals surface area contributed by atoms with Crippen LogP contribution in [0.3, 0.4) is 0 Å². The molecule has 1 rings (SSSR count). The Balaban J connectivity index is 2.53. The lowest BCUT2D eigenvalue weighted by Gasteiger charge is -2.04. The first-order chi connectivity index (χ1) is 6.72. The molecule has 74 valence electrons. The third-order valence-corrected chi connectivity index (χ3v) is 1.84. The first kappa shape index (κ1) is 10.9. The van der Waals surface area contributed by atoms with Crippen LogP contribution in [0.2, 0.25) is 5.02 Å². The van der Waals surface area contributed by atoms with E-state index in [1.165, 1.54) is 12.1 Å². The Labute approximate surface area is 88.3 Å². The first-order valence-electron chi connectivity index (χ1n) is 4.32. The number of rotatable bonds is 3. The smallest absolute Gasteiger partial charge is 0.126 e. The second-order valence-electron chi connectivity index (χ2n) is 2.76. The predicted octanol–water partition coefficient (Wildman–Crippen LogP) is 3.30. The average Bonchev–Trinajstić information content (AvgIpc) is 2.11. The first-order valence-corrected chi connectivity index (χ1v) is 4.70. The summed E-state index contributed by atoms with van der Waals surface area (Å²) in [4.78, 5) is 0. The van der Waals surface area contributed by atoms with Gasteiger partial charge in [0, 0.05) is 23.7 Å². The van der Waals surface area contributed by atoms with Gasteiger partial charge in [0.2, 0.25) is 0 Å². The largest absolute Gasteiger partial charge is 0.384 e. The van der Waals surface area contributed by atoms with Crippen molar-refractivity contribution in [2.75, 3.05) is 11.9 Å². The van der Waals surface area contributed by atoms with Crippen molar-refractivity contribution >= 4 is 17.3 Å². The van der Waals surface area contributed by atoms with E-state index in [2.05, 4.69) is 17.2 Å². The number of halogens is 2. The van der Waals surface area contributed by atoms with Crippen LogP contribution in [0.15, 0.2) is 18.2 Å². The minimum absolute atomic E-state index is 0.332. The van der Waals surface area contributed by atoms with Crippen LogP contribution < -0.4 is 5.32 Å². The highest BCUT2D eigenvalue weighted by Gasteiger charge is 1.97. The zero-order chi connectivity index (χ0) is 10.4. The van der Waals surface area contributed by atoms with E-state index in [1.807, 2.05) is 0 Å². The summed E-state index contributed by atoms with van der Waals surface area (Å²) in [5.41, 5.74) is 0.688. The van der Waals surface area contributed by atoms with Crippen molar-refractivity contribution in [3.8, 4) is 11.8 Å². The molecule has 0 heterocycles. The van der Waals surface area contributed by atoms with Crippen LogP contribution in [0.4, 0.5) is 10.1 Å². The van der Waals surface area contributed by atoms with Crippen molar-refractivity contribution in [3.05, 3.63) is 29.0 Å². The Morgan fingerprint density at radius 1 is 1.43 bits per heavy atom. The quantitative estimate of drug-likeness (QED) is 0.598. The van der Waals surface area contributed by atoms with Gasteiger partial charge in [-0.1, -0.05) is 11.6 Å². The van der Waals surface area contributed by atoms with Crippen LogP contribution in [0.1, 0.15) is 13.3 Å². The van der Waals surface area contributed by atoms with E-state index in [4.69, 9.17) is 11.6 Å². The molecule has 14 heavy (non-hydrogen) atoms. The van der Waals surface area contributed by atoms with Gasteiger partial charge in [-0.05, 0) is 25.1 Å². The molecule has 0 aromatic heterocycles. The Kier molecular flexibility index (Phi) is 4.28. The van der Waals surface area contributed by atoms with Crippen LogP contribution in [0, 0.1) is 17.7 Å². The van der Waals surface area contributed by atoms with Crippen molar-refractivity contribution in [2.24, 2.45) is 0 Å². The molecule has 0 amide bonds. The van der Waals surface area contributed by atoms with E-state index < -0.39 is 0 Å². The molecule has 0 saturated carbocycles. The monoisotopic (exact) mass is 211 g/mol. The van der Waals surface area contributed by atoms with Crippen LogP contribution in [0.25, 0.3) is 0 Å². The van der Waals surface area contributed by atoms with Gasteiger partial charge in [0.1, 0.15) is 5.82 Å². The van der Waals surface area contributed by atoms with Crippen molar-refractivity contribution in [1.29, 1.82) is 0 Å². The normalized spacial score (nSPS) is 9.07. The molecule has 1 nitrogen and oxygen atoms in total. The van der Waals surface area contributed by atoms with Gasteiger partial charge in [-0.25, -0.2) is 4.39 Å². The van der Waals surface area contributed by atoms with Crippen molar-refractivity contribution in [3.63, 3.8) is 0 Å². The molecule has 0 unspecified atom stereocenters. The maximum atomic E-state index is 12.9. The van der Waals surface area contributed by atoms with Crippen LogP contribution in [-0.4, -0.2) is 6.54 Å². The van der Waals surface area contributed by atoms with E-state index in [-0.39, 0.29) is 5.82 Å². The summed E-state index contributed by atoms with van der Waals surface area (Å²) in [5, 5.41) is 3.43. The number of benzene rings is 1. The highest BCUT2D eigenvalue weighted by molar-refractivity contribution is 6.30. The second kappa shape index (κ2) is 5.51. The standard InChI is InChI=1S/C11H11ClFN/c1-2-3-4-5-14-11-7-9(12)6-10(13)8-11/h6-8,14H,4-5H2,1H3. The summed E-state index contributed by atoms with van der Waals surface area (Å²) in [5.74, 6) is 5.36. The molecule has 0 spiro atoms. The number of nitrogens with one attached hydrogen (secondary N) is 1. The molecule has 0 bridgehead atoms. The van der Waals surface area contributed by atoms with Crippen molar-refractivity contribution in [1.82, 2.24) is 0 Å². The molecule has 0 atom stereocenters. The molecular formula is C11H11ClFN. The second-order valence-corrected chi connectivity index (χ2v) is 3.20. The average molecular weight is 212 g/mol. The van der Waals surface area contributed by atoms with Gasteiger partial charge in [0.25, 0.3) is 0 Å². The van der Waals surface area contributed by atoms with Crippen LogP contribution in [0.5, 0.6) is 0 Å². The summed E-state index contributed by atoms with van der Waals surface area (Å²) in [6.45, 7) is 2.49. The fourth-order valence-electron chi connectivity index (χ4n) is 1.05. The van der Waals surface area contributed by atoms with Crippen LogP contribution >= 0.6 is 11.6 Å². The lowest BCUT2D eigenvalue weighted by Crippen LogP contribution is -2.00. The van der Waals surface area contributed by atoms with E-state index >= 15 is 0 Å². The summed E-state index contributed by atoms with van der Waals surface area (Å²) >= 11 is 5.68. The molecule has 0 aliphatic rings. The van der Waals surface area contributed by atoms with Crippen molar-refractivity contribution in [2.45, 2.75) is 13.3 Å². The zero-order valence-electron chi connectivity index (χ0n) is 7.90. The Bertz CT molecular complexity index is 345. The maximum Gasteiger partial charge on any atom is 0.126 e. The van der Waals surface area contributed by atoms with Crippen molar-refractivity contribution < 1.29 is 4.39 Å². The molecule has 0 fully saturated rings. The predicted molar refractivity (Wildman–Crippen MR) is 58.0 cm³/mol. The molecule has 0 aliphatic heterocycles. The summed E-state index contributed by atoms with van der Waals surface area (Å²) in [6, 6.07) is 4.37. The third-order valence-electron chi connectivity index (χ3n) is 1.62. The molecule has 1 aromatic rings. The molecule has 0 saturated heterocycles. The van der Waals surface area contributed by atoms with Gasteiger partial charge in [0.15, 0.2) is 0 Å². The summed E-state index contributed by atoms with van der Waals surface area (Å²) in [6.07, 6.45) is 0.741. The number of hydrogen-bond donors (Lipinski definition) is 1. The summed E-state index contributed by atoms with van der Waals surface area (Å²) < 4.78 is 12.9. The van der Waals surface area contributed by atoms with E-state index in [0.29, 0.717) is 17.3 Å². The minimum Gasteiger partial charge on any atom is -0.384 e. The molecule has 1 N–H and O–H groups in total. The van der Waals surface area contributed by atoms with E-state index in [9.17, 15) is 4.39 Å². The lowest BCUT2D eigenvalue weighted by atomic mass is 10.3. The topological polar surface area (TPSA) is 12.0 Å². The summed E-state index contributed by atoms with van der Waals surface area (Å²) in [7, 11) is 0. The van der Waals surface area contributed by atoms with Crippen LogP contribution in [-0.2, 0) is 0 Å². The number of anilines is 1. The van der Waals surface area contributed by atoms with Gasteiger partial charge in [-0.15, -0.1) is 11.8 Å². The SMILES string of the molecule is CC#CCCNc1cc(F)cc(Cl)c1. The highest BCUT2D eigenvalue weighted by Crippen LogP contribution is 2.17. The van der Waals surface area contributed by atoms with Gasteiger partial charge in [-0.2, -0.15) is 0 Å². The fraction of sp³-hybridized carbons (Fsp3) is 0.273. The molecular weight excluding hydrogens is 201 g/mol. The van der Waals surface area contributed by atoms with Gasteiger partial charge >= 0.3 is 0 Å². The van der Waals surface area contributed by atoms with E-state index in [0.717, 1.165) is 6.42 Å². The Morgan fingerprint density at radius 3 is 2.86 bits per heavy atom. The lowest BCUT2D eigenvalue weighted by molar-refractivity contribution is 0.628. The minimum atomic E-state index is -0.332. The molecule has 0 aliphatic carbocycles. The molecule has 3 heteroatoms. The number of hydrogen-bond acceptors (Lipinski definition) is 1. The zero-order valence-corrected chi connectivity index (χ0v) is 8.66. The Hall–Kier alpha value is -1.20. The van der Waals surface area contributed by atoms with Gasteiger partial charge in [0.05, 0.1) is 0 Å². The molecule has 0 radical (unpaired) electrons. The fourth-order valence-corrected chi connectivity index (χ4v) is 1.27. The third kappa shape index (κ3) is 3.68. The Morgan fingerprint density at radius 2 is 2.21 bits per heavy atom. The van der Waals surface area contributed by atoms with Gasteiger partial charge in [-0.3, -0.25) is 0 Å².